The van der Waals surface area contributed by atoms with Crippen LogP contribution in [0.5, 0.6) is 0 Å². The van der Waals surface area contributed by atoms with Crippen molar-refractivity contribution in [3.8, 4) is 0 Å². The minimum atomic E-state index is -0.216. The Morgan fingerprint density at radius 3 is 2.71 bits per heavy atom. The van der Waals surface area contributed by atoms with Crippen LogP contribution in [0.15, 0.2) is 11.1 Å². The summed E-state index contributed by atoms with van der Waals surface area (Å²) in [6.45, 7) is 6.58. The SMILES string of the molecule is CC[C@H]1[C@@H]2CCC3=C(CCC(=O)C3)[C@H]2CC[C@]1(C)C(C)O. The van der Waals surface area contributed by atoms with Crippen LogP contribution in [0.25, 0.3) is 0 Å². The number of aliphatic hydroxyl groups is 1. The Bertz CT molecular complexity index is 462. The average molecular weight is 290 g/mol. The van der Waals surface area contributed by atoms with E-state index in [1.807, 2.05) is 6.92 Å². The van der Waals surface area contributed by atoms with Gasteiger partial charge in [0.2, 0.25) is 0 Å². The molecule has 2 nitrogen and oxygen atoms in total. The van der Waals surface area contributed by atoms with Crippen molar-refractivity contribution in [1.29, 1.82) is 0 Å². The number of allylic oxidation sites excluding steroid dienone is 2. The number of fused-ring (bicyclic) bond motifs is 2. The van der Waals surface area contributed by atoms with Crippen LogP contribution >= 0.6 is 0 Å². The highest BCUT2D eigenvalue weighted by molar-refractivity contribution is 5.82. The molecule has 0 aromatic rings. The molecule has 3 rings (SSSR count). The minimum absolute atomic E-state index is 0.0818. The van der Waals surface area contributed by atoms with Crippen molar-refractivity contribution in [2.75, 3.05) is 0 Å². The molecule has 0 saturated heterocycles. The molecule has 1 saturated carbocycles. The number of carbonyl (C=O) groups is 1. The zero-order valence-corrected chi connectivity index (χ0v) is 13.8. The first-order chi connectivity index (χ1) is 9.97. The molecule has 0 heterocycles. The Hall–Kier alpha value is -0.630. The molecule has 0 aromatic carbocycles. The molecule has 0 radical (unpaired) electrons. The molecule has 1 N–H and O–H groups in total. The lowest BCUT2D eigenvalue weighted by atomic mass is 9.51. The minimum Gasteiger partial charge on any atom is -0.393 e. The van der Waals surface area contributed by atoms with Crippen LogP contribution in [0, 0.1) is 23.2 Å². The maximum Gasteiger partial charge on any atom is 0.137 e. The Morgan fingerprint density at radius 2 is 2.05 bits per heavy atom. The molecule has 0 spiro atoms. The van der Waals surface area contributed by atoms with Gasteiger partial charge in [-0.3, -0.25) is 4.79 Å². The second-order valence-electron chi connectivity index (χ2n) is 7.89. The molecule has 0 bridgehead atoms. The number of hydrogen-bond donors (Lipinski definition) is 1. The normalized spacial score (nSPS) is 41.5. The highest BCUT2D eigenvalue weighted by atomic mass is 16.3. The van der Waals surface area contributed by atoms with Gasteiger partial charge in [-0.2, -0.15) is 0 Å². The molecule has 0 aliphatic heterocycles. The molecule has 3 aliphatic carbocycles. The van der Waals surface area contributed by atoms with Crippen molar-refractivity contribution in [1.82, 2.24) is 0 Å². The van der Waals surface area contributed by atoms with Gasteiger partial charge in [-0.1, -0.05) is 31.4 Å². The smallest absolute Gasteiger partial charge is 0.137 e. The lowest BCUT2D eigenvalue weighted by molar-refractivity contribution is -0.119. The summed E-state index contributed by atoms with van der Waals surface area (Å²) < 4.78 is 0. The second kappa shape index (κ2) is 5.53. The fourth-order valence-corrected chi connectivity index (χ4v) is 5.69. The lowest BCUT2D eigenvalue weighted by Gasteiger charge is -2.54. The quantitative estimate of drug-likeness (QED) is 0.771. The predicted octanol–water partition coefficient (Wildman–Crippen LogP) is 4.27. The Labute approximate surface area is 129 Å². The number of aliphatic hydroxyl groups excluding tert-OH is 1. The van der Waals surface area contributed by atoms with E-state index < -0.39 is 0 Å². The summed E-state index contributed by atoms with van der Waals surface area (Å²) in [6.07, 6.45) is 8.21. The molecular formula is C19H30O2. The topological polar surface area (TPSA) is 37.3 Å². The second-order valence-corrected chi connectivity index (χ2v) is 7.89. The van der Waals surface area contributed by atoms with Gasteiger partial charge in [-0.05, 0) is 62.2 Å². The number of rotatable bonds is 2. The fraction of sp³-hybridized carbons (Fsp3) is 0.842. The van der Waals surface area contributed by atoms with Gasteiger partial charge >= 0.3 is 0 Å². The number of Topliss-reactive ketones (excluding diaryl/α,β-unsaturated/α-hetero) is 1. The Balaban J connectivity index is 1.90. The summed E-state index contributed by atoms with van der Waals surface area (Å²) in [5, 5.41) is 10.3. The van der Waals surface area contributed by atoms with Crippen molar-refractivity contribution in [3.63, 3.8) is 0 Å². The summed E-state index contributed by atoms with van der Waals surface area (Å²) >= 11 is 0. The first-order valence-electron chi connectivity index (χ1n) is 8.88. The first-order valence-corrected chi connectivity index (χ1v) is 8.88. The van der Waals surface area contributed by atoms with Gasteiger partial charge in [0.25, 0.3) is 0 Å². The molecular weight excluding hydrogens is 260 g/mol. The molecule has 1 unspecified atom stereocenters. The molecule has 1 fully saturated rings. The molecule has 2 heteroatoms. The highest BCUT2D eigenvalue weighted by Gasteiger charge is 2.50. The summed E-state index contributed by atoms with van der Waals surface area (Å²) in [5.41, 5.74) is 3.22. The van der Waals surface area contributed by atoms with Crippen LogP contribution in [0.3, 0.4) is 0 Å². The van der Waals surface area contributed by atoms with E-state index in [2.05, 4.69) is 13.8 Å². The molecule has 0 aromatic heterocycles. The van der Waals surface area contributed by atoms with Crippen molar-refractivity contribution < 1.29 is 9.90 Å². The predicted molar refractivity (Wildman–Crippen MR) is 84.9 cm³/mol. The molecule has 0 amide bonds. The first kappa shape index (κ1) is 15.3. The van der Waals surface area contributed by atoms with E-state index in [0.717, 1.165) is 38.0 Å². The van der Waals surface area contributed by atoms with Crippen molar-refractivity contribution in [3.05, 3.63) is 11.1 Å². The molecule has 21 heavy (non-hydrogen) atoms. The largest absolute Gasteiger partial charge is 0.393 e. The van der Waals surface area contributed by atoms with E-state index in [9.17, 15) is 9.90 Å². The zero-order valence-electron chi connectivity index (χ0n) is 13.8. The summed E-state index contributed by atoms with van der Waals surface area (Å²) in [6, 6.07) is 0. The van der Waals surface area contributed by atoms with Gasteiger partial charge < -0.3 is 5.11 Å². The third kappa shape index (κ3) is 2.40. The van der Waals surface area contributed by atoms with E-state index in [-0.39, 0.29) is 11.5 Å². The molecule has 118 valence electrons. The third-order valence-electron chi connectivity index (χ3n) is 7.03. The summed E-state index contributed by atoms with van der Waals surface area (Å²) in [5.74, 6) is 2.51. The molecule has 5 atom stereocenters. The van der Waals surface area contributed by atoms with Gasteiger partial charge in [0.1, 0.15) is 5.78 Å². The summed E-state index contributed by atoms with van der Waals surface area (Å²) in [7, 11) is 0. The van der Waals surface area contributed by atoms with Gasteiger partial charge in [0.15, 0.2) is 0 Å². The van der Waals surface area contributed by atoms with Crippen LogP contribution in [0.1, 0.15) is 72.1 Å². The average Bonchev–Trinajstić information content (AvgIpc) is 2.46. The van der Waals surface area contributed by atoms with Crippen molar-refractivity contribution >= 4 is 5.78 Å². The standard InChI is InChI=1S/C19H30O2/c1-4-18-17-7-5-13-11-14(21)6-8-15(13)16(17)9-10-19(18,3)12(2)20/h12,16-18,20H,4-11H2,1-3H3/t12?,16-,17-,18+,19-/m1/s1. The van der Waals surface area contributed by atoms with Crippen LogP contribution in [0.4, 0.5) is 0 Å². The van der Waals surface area contributed by atoms with Crippen LogP contribution in [-0.2, 0) is 4.79 Å². The Kier molecular flexibility index (Phi) is 4.02. The van der Waals surface area contributed by atoms with Gasteiger partial charge in [-0.25, -0.2) is 0 Å². The fourth-order valence-electron chi connectivity index (χ4n) is 5.69. The zero-order chi connectivity index (χ0) is 15.2. The van der Waals surface area contributed by atoms with Crippen molar-refractivity contribution in [2.45, 2.75) is 78.2 Å². The number of ketones is 1. The summed E-state index contributed by atoms with van der Waals surface area (Å²) in [4.78, 5) is 11.7. The van der Waals surface area contributed by atoms with Gasteiger partial charge in [-0.15, -0.1) is 0 Å². The van der Waals surface area contributed by atoms with Crippen molar-refractivity contribution in [2.24, 2.45) is 23.2 Å². The maximum atomic E-state index is 11.7. The number of carbonyl (C=O) groups excluding carboxylic acids is 1. The van der Waals surface area contributed by atoms with E-state index in [4.69, 9.17) is 0 Å². The van der Waals surface area contributed by atoms with Crippen LogP contribution in [-0.4, -0.2) is 17.0 Å². The molecule has 3 aliphatic rings. The van der Waals surface area contributed by atoms with Gasteiger partial charge in [0, 0.05) is 12.8 Å². The monoisotopic (exact) mass is 290 g/mol. The maximum absolute atomic E-state index is 11.7. The Morgan fingerprint density at radius 1 is 1.29 bits per heavy atom. The van der Waals surface area contributed by atoms with E-state index in [0.29, 0.717) is 17.6 Å². The lowest BCUT2D eigenvalue weighted by Crippen LogP contribution is -2.48. The van der Waals surface area contributed by atoms with Gasteiger partial charge in [0.05, 0.1) is 6.10 Å². The van der Waals surface area contributed by atoms with Crippen LogP contribution in [0.2, 0.25) is 0 Å². The van der Waals surface area contributed by atoms with Crippen LogP contribution < -0.4 is 0 Å². The van der Waals surface area contributed by atoms with E-state index in [1.54, 1.807) is 5.57 Å². The third-order valence-corrected chi connectivity index (χ3v) is 7.03. The van der Waals surface area contributed by atoms with E-state index in [1.165, 1.54) is 24.8 Å². The highest BCUT2D eigenvalue weighted by Crippen LogP contribution is 2.57. The van der Waals surface area contributed by atoms with E-state index >= 15 is 0 Å². The number of hydrogen-bond acceptors (Lipinski definition) is 2.